The summed E-state index contributed by atoms with van der Waals surface area (Å²) in [7, 11) is -3.74. The second-order valence-electron chi connectivity index (χ2n) is 7.21. The van der Waals surface area contributed by atoms with Crippen LogP contribution in [0.25, 0.3) is 10.8 Å². The fourth-order valence-corrected chi connectivity index (χ4v) is 4.12. The van der Waals surface area contributed by atoms with E-state index in [2.05, 4.69) is 5.32 Å². The van der Waals surface area contributed by atoms with Crippen molar-refractivity contribution >= 4 is 38.1 Å². The summed E-state index contributed by atoms with van der Waals surface area (Å²) in [4.78, 5) is 0.0495. The largest absolute Gasteiger partial charge is 0.488 e. The standard InChI is InChI=1S/C24H20ClFN2O3S/c25-23-13-18(26)7-5-17(23)15-31-24-12-6-16-3-1-2-4-21(16)22(24)14-28-19-8-10-20(11-9-19)32(27,29)30/h1-13,28H,14-15H2,(H2,27,29,30). The summed E-state index contributed by atoms with van der Waals surface area (Å²) in [6.45, 7) is 0.621. The lowest BCUT2D eigenvalue weighted by Gasteiger charge is -2.16. The maximum Gasteiger partial charge on any atom is 0.238 e. The molecule has 0 aliphatic heterocycles. The second-order valence-corrected chi connectivity index (χ2v) is 9.18. The summed E-state index contributed by atoms with van der Waals surface area (Å²) in [6.07, 6.45) is 0. The van der Waals surface area contributed by atoms with E-state index in [4.69, 9.17) is 21.5 Å². The van der Waals surface area contributed by atoms with Gasteiger partial charge in [-0.05, 0) is 53.2 Å². The Morgan fingerprint density at radius 2 is 1.72 bits per heavy atom. The van der Waals surface area contributed by atoms with Crippen LogP contribution in [0, 0.1) is 5.82 Å². The average Bonchev–Trinajstić information content (AvgIpc) is 2.77. The topological polar surface area (TPSA) is 81.4 Å². The van der Waals surface area contributed by atoms with E-state index in [-0.39, 0.29) is 11.5 Å². The molecule has 0 spiro atoms. The number of halogens is 2. The van der Waals surface area contributed by atoms with Crippen molar-refractivity contribution in [3.05, 3.63) is 101 Å². The fraction of sp³-hybridized carbons (Fsp3) is 0.0833. The number of nitrogens with two attached hydrogens (primary N) is 1. The van der Waals surface area contributed by atoms with Gasteiger partial charge in [-0.1, -0.05) is 48.0 Å². The molecule has 8 heteroatoms. The predicted molar refractivity (Wildman–Crippen MR) is 125 cm³/mol. The first-order chi connectivity index (χ1) is 15.3. The number of sulfonamides is 1. The molecule has 0 aliphatic rings. The van der Waals surface area contributed by atoms with Crippen LogP contribution in [0.1, 0.15) is 11.1 Å². The normalized spacial score (nSPS) is 11.5. The van der Waals surface area contributed by atoms with E-state index >= 15 is 0 Å². The lowest BCUT2D eigenvalue weighted by atomic mass is 10.0. The van der Waals surface area contributed by atoms with Gasteiger partial charge in [-0.2, -0.15) is 0 Å². The molecule has 0 amide bonds. The maximum atomic E-state index is 13.3. The van der Waals surface area contributed by atoms with Crippen molar-refractivity contribution in [1.82, 2.24) is 0 Å². The zero-order valence-corrected chi connectivity index (χ0v) is 18.5. The third kappa shape index (κ3) is 5.02. The summed E-state index contributed by atoms with van der Waals surface area (Å²) < 4.78 is 42.3. The Labute approximate surface area is 190 Å². The molecule has 0 aliphatic carbocycles. The van der Waals surface area contributed by atoms with Crippen molar-refractivity contribution in [3.8, 4) is 5.75 Å². The van der Waals surface area contributed by atoms with Gasteiger partial charge >= 0.3 is 0 Å². The van der Waals surface area contributed by atoms with Crippen LogP contribution in [-0.4, -0.2) is 8.42 Å². The number of hydrogen-bond donors (Lipinski definition) is 2. The lowest BCUT2D eigenvalue weighted by molar-refractivity contribution is 0.304. The van der Waals surface area contributed by atoms with Gasteiger partial charge in [0.2, 0.25) is 10.0 Å². The van der Waals surface area contributed by atoms with Gasteiger partial charge in [0.1, 0.15) is 18.2 Å². The Kier molecular flexibility index (Phi) is 6.32. The predicted octanol–water partition coefficient (Wildman–Crippen LogP) is 5.47. The van der Waals surface area contributed by atoms with Crippen molar-refractivity contribution in [2.24, 2.45) is 5.14 Å². The molecule has 4 aromatic carbocycles. The second kappa shape index (κ2) is 9.16. The molecule has 0 saturated heterocycles. The highest BCUT2D eigenvalue weighted by Gasteiger charge is 2.12. The molecule has 5 nitrogen and oxygen atoms in total. The highest BCUT2D eigenvalue weighted by molar-refractivity contribution is 7.89. The summed E-state index contributed by atoms with van der Waals surface area (Å²) in [6, 6.07) is 22.2. The molecule has 0 radical (unpaired) electrons. The van der Waals surface area contributed by atoms with Crippen LogP contribution in [0.4, 0.5) is 10.1 Å². The van der Waals surface area contributed by atoms with E-state index in [1.54, 1.807) is 18.2 Å². The third-order valence-corrected chi connectivity index (χ3v) is 6.33. The zero-order valence-electron chi connectivity index (χ0n) is 16.9. The molecule has 0 heterocycles. The first-order valence-corrected chi connectivity index (χ1v) is 11.7. The molecule has 0 bridgehead atoms. The third-order valence-electron chi connectivity index (χ3n) is 5.05. The van der Waals surface area contributed by atoms with E-state index in [0.717, 1.165) is 22.0 Å². The van der Waals surface area contributed by atoms with Gasteiger partial charge < -0.3 is 10.1 Å². The van der Waals surface area contributed by atoms with Crippen molar-refractivity contribution in [2.75, 3.05) is 5.32 Å². The van der Waals surface area contributed by atoms with Crippen LogP contribution in [0.3, 0.4) is 0 Å². The number of benzene rings is 4. The number of nitrogens with one attached hydrogen (secondary N) is 1. The minimum Gasteiger partial charge on any atom is -0.488 e. The number of anilines is 1. The Morgan fingerprint density at radius 3 is 2.44 bits per heavy atom. The van der Waals surface area contributed by atoms with E-state index in [1.807, 2.05) is 36.4 Å². The number of ether oxygens (including phenoxy) is 1. The Bertz CT molecular complexity index is 1380. The zero-order chi connectivity index (χ0) is 22.7. The molecular weight excluding hydrogens is 451 g/mol. The molecule has 0 saturated carbocycles. The van der Waals surface area contributed by atoms with Crippen LogP contribution < -0.4 is 15.2 Å². The molecule has 164 valence electrons. The number of hydrogen-bond acceptors (Lipinski definition) is 4. The van der Waals surface area contributed by atoms with Crippen LogP contribution in [0.15, 0.2) is 83.8 Å². The molecule has 4 aromatic rings. The minimum atomic E-state index is -3.74. The van der Waals surface area contributed by atoms with E-state index in [1.165, 1.54) is 24.3 Å². The molecule has 32 heavy (non-hydrogen) atoms. The molecule has 0 atom stereocenters. The van der Waals surface area contributed by atoms with Crippen molar-refractivity contribution < 1.29 is 17.5 Å². The van der Waals surface area contributed by atoms with Gasteiger partial charge in [-0.3, -0.25) is 0 Å². The summed E-state index contributed by atoms with van der Waals surface area (Å²) in [5, 5.41) is 10.8. The van der Waals surface area contributed by atoms with Crippen LogP contribution in [0.5, 0.6) is 5.75 Å². The summed E-state index contributed by atoms with van der Waals surface area (Å²) in [5.41, 5.74) is 2.34. The molecule has 0 aromatic heterocycles. The Balaban J connectivity index is 1.60. The Hall–Kier alpha value is -3.13. The van der Waals surface area contributed by atoms with Gasteiger partial charge in [0.15, 0.2) is 0 Å². The minimum absolute atomic E-state index is 0.0495. The van der Waals surface area contributed by atoms with Gasteiger partial charge in [0, 0.05) is 23.4 Å². The molecular formula is C24H20ClFN2O3S. The monoisotopic (exact) mass is 470 g/mol. The van der Waals surface area contributed by atoms with Crippen LogP contribution >= 0.6 is 11.6 Å². The van der Waals surface area contributed by atoms with Crippen molar-refractivity contribution in [2.45, 2.75) is 18.0 Å². The number of rotatable bonds is 7. The first kappa shape index (κ1) is 22.1. The highest BCUT2D eigenvalue weighted by Crippen LogP contribution is 2.30. The van der Waals surface area contributed by atoms with Gasteiger partial charge in [0.25, 0.3) is 0 Å². The van der Waals surface area contributed by atoms with Gasteiger partial charge in [-0.15, -0.1) is 0 Å². The van der Waals surface area contributed by atoms with E-state index in [0.29, 0.717) is 22.9 Å². The maximum absolute atomic E-state index is 13.3. The molecule has 0 unspecified atom stereocenters. The quantitative estimate of drug-likeness (QED) is 0.375. The highest BCUT2D eigenvalue weighted by atomic mass is 35.5. The van der Waals surface area contributed by atoms with Gasteiger partial charge in [0.05, 0.1) is 9.92 Å². The average molecular weight is 471 g/mol. The van der Waals surface area contributed by atoms with Crippen molar-refractivity contribution in [1.29, 1.82) is 0 Å². The SMILES string of the molecule is NS(=O)(=O)c1ccc(NCc2c(OCc3ccc(F)cc3Cl)ccc3ccccc23)cc1. The first-order valence-electron chi connectivity index (χ1n) is 9.75. The summed E-state index contributed by atoms with van der Waals surface area (Å²) in [5.74, 6) is 0.264. The van der Waals surface area contributed by atoms with Crippen LogP contribution in [-0.2, 0) is 23.2 Å². The van der Waals surface area contributed by atoms with E-state index in [9.17, 15) is 12.8 Å². The van der Waals surface area contributed by atoms with E-state index < -0.39 is 15.8 Å². The molecule has 3 N–H and O–H groups in total. The lowest BCUT2D eigenvalue weighted by Crippen LogP contribution is -2.12. The molecule has 4 rings (SSSR count). The molecule has 0 fully saturated rings. The number of primary sulfonamides is 1. The van der Waals surface area contributed by atoms with Gasteiger partial charge in [-0.25, -0.2) is 17.9 Å². The Morgan fingerprint density at radius 1 is 0.969 bits per heavy atom. The van der Waals surface area contributed by atoms with Crippen molar-refractivity contribution in [3.63, 3.8) is 0 Å². The number of fused-ring (bicyclic) bond motifs is 1. The smallest absolute Gasteiger partial charge is 0.238 e. The van der Waals surface area contributed by atoms with Crippen LogP contribution in [0.2, 0.25) is 5.02 Å². The summed E-state index contributed by atoms with van der Waals surface area (Å²) >= 11 is 6.13. The fourth-order valence-electron chi connectivity index (χ4n) is 3.38.